The van der Waals surface area contributed by atoms with Crippen LogP contribution in [0.1, 0.15) is 26.7 Å². The molecule has 0 bridgehead atoms. The molecule has 0 N–H and O–H groups in total. The Morgan fingerprint density at radius 1 is 1.54 bits per heavy atom. The Morgan fingerprint density at radius 3 is 2.31 bits per heavy atom. The second kappa shape index (κ2) is 3.19. The Balaban J connectivity index is 2.45. The van der Waals surface area contributed by atoms with Crippen molar-refractivity contribution in [1.29, 1.82) is 0 Å². The van der Waals surface area contributed by atoms with Crippen molar-refractivity contribution >= 4 is 11.6 Å². The first-order valence-electron chi connectivity index (χ1n) is 4.14. The quantitative estimate of drug-likeness (QED) is 0.646. The summed E-state index contributed by atoms with van der Waals surface area (Å²) in [6.07, 6.45) is -2.72. The maximum atomic E-state index is 11.8. The van der Waals surface area contributed by atoms with E-state index in [0.717, 1.165) is 6.42 Å². The SMILES string of the molecule is CC1(C)CC1/C=C(\Cl)CC(F)(F)F. The minimum atomic E-state index is -4.19. The summed E-state index contributed by atoms with van der Waals surface area (Å²) < 4.78 is 35.5. The molecule has 0 heterocycles. The largest absolute Gasteiger partial charge is 0.393 e. The van der Waals surface area contributed by atoms with Gasteiger partial charge in [0.1, 0.15) is 0 Å². The zero-order chi connectivity index (χ0) is 10.3. The van der Waals surface area contributed by atoms with E-state index in [-0.39, 0.29) is 16.4 Å². The van der Waals surface area contributed by atoms with Crippen LogP contribution in [-0.2, 0) is 0 Å². The van der Waals surface area contributed by atoms with E-state index in [1.165, 1.54) is 6.08 Å². The first kappa shape index (κ1) is 10.9. The number of halogens is 4. The topological polar surface area (TPSA) is 0 Å². The molecule has 0 radical (unpaired) electrons. The van der Waals surface area contributed by atoms with Gasteiger partial charge >= 0.3 is 6.18 Å². The molecule has 13 heavy (non-hydrogen) atoms. The molecule has 1 aliphatic rings. The maximum Gasteiger partial charge on any atom is 0.393 e. The van der Waals surface area contributed by atoms with Crippen LogP contribution in [0, 0.1) is 11.3 Å². The molecule has 0 aromatic heterocycles. The van der Waals surface area contributed by atoms with E-state index in [4.69, 9.17) is 11.6 Å². The van der Waals surface area contributed by atoms with Crippen LogP contribution in [0.25, 0.3) is 0 Å². The number of allylic oxidation sites excluding steroid dienone is 2. The standard InChI is InChI=1S/C9H12ClF3/c1-8(2)4-6(8)3-7(10)5-9(11,12)13/h3,6H,4-5H2,1-2H3/b7-3-. The van der Waals surface area contributed by atoms with Gasteiger partial charge in [-0.3, -0.25) is 0 Å². The Labute approximate surface area is 80.8 Å². The number of alkyl halides is 3. The van der Waals surface area contributed by atoms with Crippen molar-refractivity contribution in [3.63, 3.8) is 0 Å². The van der Waals surface area contributed by atoms with E-state index >= 15 is 0 Å². The Hall–Kier alpha value is -0.180. The molecule has 1 rings (SSSR count). The third kappa shape index (κ3) is 3.59. The summed E-state index contributed by atoms with van der Waals surface area (Å²) in [5.41, 5.74) is 0.145. The molecule has 0 nitrogen and oxygen atoms in total. The van der Waals surface area contributed by atoms with E-state index in [1.54, 1.807) is 0 Å². The van der Waals surface area contributed by atoms with Gasteiger partial charge in [0.2, 0.25) is 0 Å². The van der Waals surface area contributed by atoms with Gasteiger partial charge in [0.15, 0.2) is 0 Å². The lowest BCUT2D eigenvalue weighted by Gasteiger charge is -2.04. The summed E-state index contributed by atoms with van der Waals surface area (Å²) in [6.45, 7) is 4.04. The van der Waals surface area contributed by atoms with Gasteiger partial charge in [0, 0.05) is 5.03 Å². The van der Waals surface area contributed by atoms with Crippen LogP contribution in [0.3, 0.4) is 0 Å². The van der Waals surface area contributed by atoms with E-state index in [0.29, 0.717) is 0 Å². The molecular formula is C9H12ClF3. The van der Waals surface area contributed by atoms with Crippen molar-refractivity contribution in [2.75, 3.05) is 0 Å². The van der Waals surface area contributed by atoms with Crippen molar-refractivity contribution in [1.82, 2.24) is 0 Å². The molecule has 0 aromatic rings. The summed E-state index contributed by atoms with van der Waals surface area (Å²) in [5, 5.41) is -0.0805. The summed E-state index contributed by atoms with van der Waals surface area (Å²) in [7, 11) is 0. The molecule has 1 fully saturated rings. The van der Waals surface area contributed by atoms with Crippen LogP contribution in [0.15, 0.2) is 11.1 Å². The van der Waals surface area contributed by atoms with Crippen LogP contribution < -0.4 is 0 Å². The smallest absolute Gasteiger partial charge is 0.171 e. The monoisotopic (exact) mass is 212 g/mol. The van der Waals surface area contributed by atoms with E-state index in [1.807, 2.05) is 13.8 Å². The highest BCUT2D eigenvalue weighted by Gasteiger charge is 2.44. The van der Waals surface area contributed by atoms with Crippen LogP contribution in [0.4, 0.5) is 13.2 Å². The van der Waals surface area contributed by atoms with Crippen LogP contribution in [-0.4, -0.2) is 6.18 Å². The van der Waals surface area contributed by atoms with Crippen LogP contribution in [0.5, 0.6) is 0 Å². The molecule has 0 aromatic carbocycles. The van der Waals surface area contributed by atoms with Crippen LogP contribution >= 0.6 is 11.6 Å². The lowest BCUT2D eigenvalue weighted by atomic mass is 10.1. The number of hydrogen-bond acceptors (Lipinski definition) is 0. The fraction of sp³-hybridized carbons (Fsp3) is 0.778. The molecule has 1 atom stereocenters. The summed E-state index contributed by atoms with van der Waals surface area (Å²) in [6, 6.07) is 0. The molecule has 0 saturated heterocycles. The minimum absolute atomic E-state index is 0.0805. The van der Waals surface area contributed by atoms with E-state index in [2.05, 4.69) is 0 Å². The Kier molecular flexibility index (Phi) is 2.68. The molecule has 0 spiro atoms. The fourth-order valence-corrected chi connectivity index (χ4v) is 1.56. The van der Waals surface area contributed by atoms with Crippen molar-refractivity contribution < 1.29 is 13.2 Å². The zero-order valence-corrected chi connectivity index (χ0v) is 8.34. The Bertz CT molecular complexity index is 228. The van der Waals surface area contributed by atoms with Gasteiger partial charge in [-0.25, -0.2) is 0 Å². The maximum absolute atomic E-state index is 11.8. The fourth-order valence-electron chi connectivity index (χ4n) is 1.26. The Morgan fingerprint density at radius 2 is 2.00 bits per heavy atom. The first-order valence-corrected chi connectivity index (χ1v) is 4.51. The second-order valence-corrected chi connectivity index (χ2v) is 4.69. The molecule has 0 aliphatic heterocycles. The molecule has 1 unspecified atom stereocenters. The van der Waals surface area contributed by atoms with Gasteiger partial charge in [-0.15, -0.1) is 0 Å². The van der Waals surface area contributed by atoms with Gasteiger partial charge in [-0.05, 0) is 17.8 Å². The summed E-state index contributed by atoms with van der Waals surface area (Å²) >= 11 is 5.47. The highest BCUT2D eigenvalue weighted by molar-refractivity contribution is 6.29. The van der Waals surface area contributed by atoms with Crippen molar-refractivity contribution in [3.05, 3.63) is 11.1 Å². The van der Waals surface area contributed by atoms with Gasteiger partial charge in [-0.1, -0.05) is 31.5 Å². The number of rotatable bonds is 2. The van der Waals surface area contributed by atoms with Gasteiger partial charge < -0.3 is 0 Å². The third-order valence-corrected chi connectivity index (χ3v) is 2.60. The predicted molar refractivity (Wildman–Crippen MR) is 46.5 cm³/mol. The minimum Gasteiger partial charge on any atom is -0.171 e. The predicted octanol–water partition coefficient (Wildman–Crippen LogP) is 4.11. The van der Waals surface area contributed by atoms with Crippen LogP contribution in [0.2, 0.25) is 0 Å². The van der Waals surface area contributed by atoms with E-state index in [9.17, 15) is 13.2 Å². The lowest BCUT2D eigenvalue weighted by Crippen LogP contribution is -2.06. The average molecular weight is 213 g/mol. The molecular weight excluding hydrogens is 201 g/mol. The molecule has 76 valence electrons. The van der Waals surface area contributed by atoms with E-state index < -0.39 is 12.6 Å². The van der Waals surface area contributed by atoms with Gasteiger partial charge in [-0.2, -0.15) is 13.2 Å². The van der Waals surface area contributed by atoms with Crippen molar-refractivity contribution in [2.45, 2.75) is 32.9 Å². The zero-order valence-electron chi connectivity index (χ0n) is 7.58. The van der Waals surface area contributed by atoms with Crippen molar-refractivity contribution in [2.24, 2.45) is 11.3 Å². The third-order valence-electron chi connectivity index (χ3n) is 2.34. The molecule has 4 heteroatoms. The average Bonchev–Trinajstić information content (AvgIpc) is 2.32. The first-order chi connectivity index (χ1) is 5.71. The second-order valence-electron chi connectivity index (χ2n) is 4.20. The summed E-state index contributed by atoms with van der Waals surface area (Å²) in [5.74, 6) is 0.224. The molecule has 1 aliphatic carbocycles. The lowest BCUT2D eigenvalue weighted by molar-refractivity contribution is -0.125. The highest BCUT2D eigenvalue weighted by Crippen LogP contribution is 2.53. The number of hydrogen-bond donors (Lipinski definition) is 0. The summed E-state index contributed by atoms with van der Waals surface area (Å²) in [4.78, 5) is 0. The van der Waals surface area contributed by atoms with Crippen molar-refractivity contribution in [3.8, 4) is 0 Å². The molecule has 0 amide bonds. The van der Waals surface area contributed by atoms with Gasteiger partial charge in [0.25, 0.3) is 0 Å². The molecule has 1 saturated carbocycles. The highest BCUT2D eigenvalue weighted by atomic mass is 35.5. The van der Waals surface area contributed by atoms with Gasteiger partial charge in [0.05, 0.1) is 6.42 Å². The normalized spacial score (nSPS) is 27.5.